The maximum Gasteiger partial charge on any atom is 0.270 e. The van der Waals surface area contributed by atoms with Crippen LogP contribution in [0.2, 0.25) is 0 Å². The molecule has 3 fully saturated rings. The predicted molar refractivity (Wildman–Crippen MR) is 98.5 cm³/mol. The predicted octanol–water partition coefficient (Wildman–Crippen LogP) is 3.34. The fourth-order valence-electron chi connectivity index (χ4n) is 3.91. The van der Waals surface area contributed by atoms with E-state index in [1.807, 2.05) is 11.0 Å². The summed E-state index contributed by atoms with van der Waals surface area (Å²) in [5.74, 6) is 1.56. The zero-order valence-corrected chi connectivity index (χ0v) is 15.6. The number of alkyl halides is 1. The second kappa shape index (κ2) is 6.71. The topological polar surface area (TPSA) is 54.5 Å². The number of halogens is 1. The Morgan fingerprint density at radius 1 is 1.35 bits per heavy atom. The van der Waals surface area contributed by atoms with E-state index in [2.05, 4.69) is 17.2 Å². The van der Waals surface area contributed by atoms with Gasteiger partial charge in [0.15, 0.2) is 0 Å². The summed E-state index contributed by atoms with van der Waals surface area (Å²) in [6, 6.07) is 3.80. The van der Waals surface area contributed by atoms with Gasteiger partial charge in [-0.05, 0) is 63.0 Å². The third kappa shape index (κ3) is 3.94. The van der Waals surface area contributed by atoms with Crippen LogP contribution in [-0.4, -0.2) is 42.3 Å². The fraction of sp³-hybridized carbons (Fsp3) is 0.700. The normalized spacial score (nSPS) is 27.1. The van der Waals surface area contributed by atoms with E-state index in [0.717, 1.165) is 24.9 Å². The molecular formula is C20H28FN3O2. The van der Waals surface area contributed by atoms with Gasteiger partial charge in [-0.2, -0.15) is 0 Å². The molecule has 2 saturated carbocycles. The van der Waals surface area contributed by atoms with E-state index >= 15 is 0 Å². The number of ether oxygens (including phenoxy) is 1. The average molecular weight is 361 g/mol. The molecule has 1 saturated heterocycles. The lowest BCUT2D eigenvalue weighted by atomic mass is 9.98. The minimum atomic E-state index is -1.16. The first-order valence-electron chi connectivity index (χ1n) is 9.78. The van der Waals surface area contributed by atoms with Crippen molar-refractivity contribution in [3.8, 4) is 5.88 Å². The van der Waals surface area contributed by atoms with E-state index in [9.17, 15) is 9.18 Å². The molecule has 5 nitrogen and oxygen atoms in total. The van der Waals surface area contributed by atoms with Crippen LogP contribution in [0.25, 0.3) is 0 Å². The minimum Gasteiger partial charge on any atom is -0.476 e. The molecule has 1 amide bonds. The van der Waals surface area contributed by atoms with Crippen LogP contribution in [0, 0.1) is 11.8 Å². The Morgan fingerprint density at radius 3 is 2.73 bits per heavy atom. The number of hydrogen-bond donors (Lipinski definition) is 1. The molecule has 2 atom stereocenters. The van der Waals surface area contributed by atoms with Gasteiger partial charge in [0.05, 0.1) is 19.7 Å². The van der Waals surface area contributed by atoms with Crippen molar-refractivity contribution in [1.29, 1.82) is 0 Å². The Hall–Kier alpha value is -1.85. The molecule has 1 aromatic rings. The van der Waals surface area contributed by atoms with Crippen molar-refractivity contribution in [2.75, 3.05) is 24.6 Å². The Morgan fingerprint density at radius 2 is 2.12 bits per heavy atom. The number of anilines is 1. The Labute approximate surface area is 154 Å². The van der Waals surface area contributed by atoms with Gasteiger partial charge < -0.3 is 15.0 Å². The van der Waals surface area contributed by atoms with E-state index in [-0.39, 0.29) is 11.9 Å². The number of carbonyl (C=O) groups excluding carboxylic acids is 1. The zero-order valence-electron chi connectivity index (χ0n) is 15.6. The van der Waals surface area contributed by atoms with Gasteiger partial charge >= 0.3 is 0 Å². The smallest absolute Gasteiger partial charge is 0.270 e. The van der Waals surface area contributed by atoms with Crippen LogP contribution in [0.3, 0.4) is 0 Å². The largest absolute Gasteiger partial charge is 0.476 e. The second-order valence-electron chi connectivity index (χ2n) is 8.63. The van der Waals surface area contributed by atoms with Crippen molar-refractivity contribution >= 4 is 11.6 Å². The highest BCUT2D eigenvalue weighted by molar-refractivity contribution is 5.93. The summed E-state index contributed by atoms with van der Waals surface area (Å²) in [6.07, 6.45) is 5.57. The van der Waals surface area contributed by atoms with Crippen LogP contribution in [0.5, 0.6) is 5.88 Å². The molecule has 3 aliphatic rings. The average Bonchev–Trinajstić information content (AvgIpc) is 3.32. The number of carbonyl (C=O) groups is 1. The van der Waals surface area contributed by atoms with Crippen LogP contribution in [0.1, 0.15) is 56.4 Å². The Bertz CT molecular complexity index is 682. The lowest BCUT2D eigenvalue weighted by Crippen LogP contribution is -2.57. The maximum absolute atomic E-state index is 13.9. The van der Waals surface area contributed by atoms with Crippen molar-refractivity contribution in [3.05, 3.63) is 17.8 Å². The van der Waals surface area contributed by atoms with Crippen molar-refractivity contribution in [1.82, 2.24) is 10.3 Å². The number of pyridine rings is 1. The van der Waals surface area contributed by atoms with Gasteiger partial charge in [0, 0.05) is 6.04 Å². The van der Waals surface area contributed by atoms with Gasteiger partial charge in [-0.15, -0.1) is 0 Å². The molecule has 142 valence electrons. The van der Waals surface area contributed by atoms with Crippen molar-refractivity contribution in [3.63, 3.8) is 0 Å². The summed E-state index contributed by atoms with van der Waals surface area (Å²) < 4.78 is 19.8. The number of amides is 1. The molecule has 1 aromatic heterocycles. The molecule has 1 N–H and O–H groups in total. The summed E-state index contributed by atoms with van der Waals surface area (Å²) in [5.41, 5.74) is -0.00219. The highest BCUT2D eigenvalue weighted by atomic mass is 19.1. The van der Waals surface area contributed by atoms with E-state index in [1.54, 1.807) is 13.0 Å². The van der Waals surface area contributed by atoms with Gasteiger partial charge in [-0.3, -0.25) is 4.79 Å². The summed E-state index contributed by atoms with van der Waals surface area (Å²) >= 11 is 0. The molecule has 4 rings (SSSR count). The highest BCUT2D eigenvalue weighted by Crippen LogP contribution is 2.37. The zero-order chi connectivity index (χ0) is 18.3. The maximum atomic E-state index is 13.9. The van der Waals surface area contributed by atoms with E-state index in [1.165, 1.54) is 12.8 Å². The lowest BCUT2D eigenvalue weighted by Gasteiger charge is -2.44. The van der Waals surface area contributed by atoms with Crippen LogP contribution < -0.4 is 15.0 Å². The monoisotopic (exact) mass is 361 g/mol. The third-order valence-corrected chi connectivity index (χ3v) is 5.64. The van der Waals surface area contributed by atoms with E-state index in [0.29, 0.717) is 43.1 Å². The SMILES string of the molecule is C[C@@H]1CCC(NC(=O)c2ccc(N3CC(C)(F)C3)c(OCC3CC3)n2)C1. The number of nitrogens with zero attached hydrogens (tertiary/aromatic N) is 2. The summed E-state index contributed by atoms with van der Waals surface area (Å²) in [4.78, 5) is 19.0. The summed E-state index contributed by atoms with van der Waals surface area (Å²) in [5, 5.41) is 3.09. The first-order chi connectivity index (χ1) is 12.4. The standard InChI is InChI=1S/C20H28FN3O2/c1-13-3-6-15(9-13)22-18(25)16-7-8-17(24-11-20(2,21)12-24)19(23-16)26-10-14-4-5-14/h7-8,13-15H,3-6,9-12H2,1-2H3,(H,22,25)/t13-,15?/m1/s1. The van der Waals surface area contributed by atoms with Crippen LogP contribution in [-0.2, 0) is 0 Å². The van der Waals surface area contributed by atoms with Gasteiger partial charge in [-0.25, -0.2) is 9.37 Å². The molecule has 1 aliphatic heterocycles. The lowest BCUT2D eigenvalue weighted by molar-refractivity contribution is 0.0930. The molecule has 0 radical (unpaired) electrons. The Balaban J connectivity index is 1.48. The molecular weight excluding hydrogens is 333 g/mol. The van der Waals surface area contributed by atoms with Crippen molar-refractivity contribution in [2.24, 2.45) is 11.8 Å². The van der Waals surface area contributed by atoms with Crippen LogP contribution in [0.4, 0.5) is 10.1 Å². The number of hydrogen-bond acceptors (Lipinski definition) is 4. The first kappa shape index (κ1) is 17.6. The molecule has 26 heavy (non-hydrogen) atoms. The van der Waals surface area contributed by atoms with Crippen LogP contribution >= 0.6 is 0 Å². The first-order valence-corrected chi connectivity index (χ1v) is 9.78. The van der Waals surface area contributed by atoms with Gasteiger partial charge in [-0.1, -0.05) is 6.92 Å². The minimum absolute atomic E-state index is 0.147. The quantitative estimate of drug-likeness (QED) is 0.844. The van der Waals surface area contributed by atoms with E-state index in [4.69, 9.17) is 4.74 Å². The molecule has 2 aliphatic carbocycles. The molecule has 2 heterocycles. The molecule has 0 aromatic carbocycles. The van der Waals surface area contributed by atoms with Gasteiger partial charge in [0.1, 0.15) is 17.1 Å². The summed E-state index contributed by atoms with van der Waals surface area (Å²) in [6.45, 7) is 5.10. The number of rotatable bonds is 6. The Kier molecular flexibility index (Phi) is 4.53. The molecule has 6 heteroatoms. The number of aromatic nitrogens is 1. The van der Waals surface area contributed by atoms with Crippen molar-refractivity contribution < 1.29 is 13.9 Å². The van der Waals surface area contributed by atoms with Crippen LogP contribution in [0.15, 0.2) is 12.1 Å². The van der Waals surface area contributed by atoms with Crippen molar-refractivity contribution in [2.45, 2.75) is 57.7 Å². The fourth-order valence-corrected chi connectivity index (χ4v) is 3.91. The molecule has 0 spiro atoms. The number of nitrogens with one attached hydrogen (secondary N) is 1. The highest BCUT2D eigenvalue weighted by Gasteiger charge is 2.40. The molecule has 0 bridgehead atoms. The summed E-state index contributed by atoms with van der Waals surface area (Å²) in [7, 11) is 0. The third-order valence-electron chi connectivity index (χ3n) is 5.64. The van der Waals surface area contributed by atoms with Gasteiger partial charge in [0.2, 0.25) is 5.88 Å². The van der Waals surface area contributed by atoms with E-state index < -0.39 is 5.67 Å². The molecule has 1 unspecified atom stereocenters. The second-order valence-corrected chi connectivity index (χ2v) is 8.63. The van der Waals surface area contributed by atoms with Gasteiger partial charge in [0.25, 0.3) is 5.91 Å².